The average molecular weight is 297 g/mol. The average Bonchev–Trinajstić information content (AvgIpc) is 2.43. The van der Waals surface area contributed by atoms with Gasteiger partial charge in [-0.2, -0.15) is 0 Å². The SMILES string of the molecule is CCC(CN=C(N)NC(C)COC)Oc1cccc(F)c1. The number of ether oxygens (including phenoxy) is 2. The Bertz CT molecular complexity index is 454. The zero-order valence-corrected chi connectivity index (χ0v) is 12.8. The van der Waals surface area contributed by atoms with E-state index in [1.165, 1.54) is 12.1 Å². The Hall–Kier alpha value is -1.82. The number of hydrogen-bond acceptors (Lipinski definition) is 3. The summed E-state index contributed by atoms with van der Waals surface area (Å²) >= 11 is 0. The molecule has 0 saturated carbocycles. The van der Waals surface area contributed by atoms with Gasteiger partial charge in [0.05, 0.1) is 13.2 Å². The first-order valence-corrected chi connectivity index (χ1v) is 7.02. The van der Waals surface area contributed by atoms with Crippen LogP contribution in [0.25, 0.3) is 0 Å². The summed E-state index contributed by atoms with van der Waals surface area (Å²) in [5, 5.41) is 3.02. The van der Waals surface area contributed by atoms with Crippen LogP contribution >= 0.6 is 0 Å². The van der Waals surface area contributed by atoms with Gasteiger partial charge in [-0.3, -0.25) is 0 Å². The molecule has 0 aliphatic heterocycles. The van der Waals surface area contributed by atoms with Gasteiger partial charge in [0.25, 0.3) is 0 Å². The number of rotatable bonds is 8. The highest BCUT2D eigenvalue weighted by molar-refractivity contribution is 5.78. The van der Waals surface area contributed by atoms with Crippen molar-refractivity contribution in [2.45, 2.75) is 32.4 Å². The molecule has 2 atom stereocenters. The Labute approximate surface area is 125 Å². The molecule has 0 radical (unpaired) electrons. The Morgan fingerprint density at radius 3 is 2.86 bits per heavy atom. The van der Waals surface area contributed by atoms with Gasteiger partial charge >= 0.3 is 0 Å². The number of benzene rings is 1. The van der Waals surface area contributed by atoms with E-state index in [1.54, 1.807) is 19.2 Å². The van der Waals surface area contributed by atoms with Crippen molar-refractivity contribution in [2.24, 2.45) is 10.7 Å². The molecule has 1 aromatic carbocycles. The van der Waals surface area contributed by atoms with Gasteiger partial charge in [-0.1, -0.05) is 13.0 Å². The lowest BCUT2D eigenvalue weighted by Crippen LogP contribution is -2.41. The second-order valence-corrected chi connectivity index (χ2v) is 4.83. The molecule has 1 rings (SSSR count). The number of nitrogens with zero attached hydrogens (tertiary/aromatic N) is 1. The van der Waals surface area contributed by atoms with Crippen LogP contribution in [-0.2, 0) is 4.74 Å². The normalized spacial score (nSPS) is 14.6. The summed E-state index contributed by atoms with van der Waals surface area (Å²) in [7, 11) is 1.63. The van der Waals surface area contributed by atoms with E-state index >= 15 is 0 Å². The van der Waals surface area contributed by atoms with Crippen LogP contribution in [0.3, 0.4) is 0 Å². The van der Waals surface area contributed by atoms with Crippen LogP contribution in [0.2, 0.25) is 0 Å². The molecule has 0 bridgehead atoms. The van der Waals surface area contributed by atoms with Gasteiger partial charge < -0.3 is 20.5 Å². The predicted octanol–water partition coefficient (Wildman–Crippen LogP) is 1.92. The van der Waals surface area contributed by atoms with Gasteiger partial charge in [0.2, 0.25) is 0 Å². The topological polar surface area (TPSA) is 68.9 Å². The molecule has 6 heteroatoms. The summed E-state index contributed by atoms with van der Waals surface area (Å²) in [6.45, 7) is 4.89. The summed E-state index contributed by atoms with van der Waals surface area (Å²) < 4.78 is 23.8. The number of methoxy groups -OCH3 is 1. The van der Waals surface area contributed by atoms with Crippen LogP contribution in [0.1, 0.15) is 20.3 Å². The summed E-state index contributed by atoms with van der Waals surface area (Å²) in [5.41, 5.74) is 5.79. The van der Waals surface area contributed by atoms with Crippen LogP contribution in [-0.4, -0.2) is 38.4 Å². The molecule has 2 unspecified atom stereocenters. The van der Waals surface area contributed by atoms with E-state index in [2.05, 4.69) is 10.3 Å². The first kappa shape index (κ1) is 17.2. The minimum Gasteiger partial charge on any atom is -0.488 e. The standard InChI is InChI=1S/C15H24FN3O2/c1-4-13(21-14-7-5-6-12(16)8-14)9-18-15(17)19-11(2)10-20-3/h5-8,11,13H,4,9-10H2,1-3H3,(H3,17,18,19). The lowest BCUT2D eigenvalue weighted by atomic mass is 10.2. The highest BCUT2D eigenvalue weighted by atomic mass is 19.1. The molecule has 5 nitrogen and oxygen atoms in total. The van der Waals surface area contributed by atoms with Gasteiger partial charge in [-0.15, -0.1) is 0 Å². The summed E-state index contributed by atoms with van der Waals surface area (Å²) in [6.07, 6.45) is 0.603. The van der Waals surface area contributed by atoms with Gasteiger partial charge in [-0.05, 0) is 25.5 Å². The first-order valence-electron chi connectivity index (χ1n) is 7.02. The monoisotopic (exact) mass is 297 g/mol. The van der Waals surface area contributed by atoms with Crippen molar-refractivity contribution in [3.63, 3.8) is 0 Å². The van der Waals surface area contributed by atoms with E-state index < -0.39 is 0 Å². The predicted molar refractivity (Wildman–Crippen MR) is 82.1 cm³/mol. The van der Waals surface area contributed by atoms with Crippen molar-refractivity contribution >= 4 is 5.96 Å². The maximum absolute atomic E-state index is 13.1. The van der Waals surface area contributed by atoms with Crippen LogP contribution in [0.4, 0.5) is 4.39 Å². The second kappa shape index (κ2) is 9.18. The van der Waals surface area contributed by atoms with Gasteiger partial charge in [-0.25, -0.2) is 9.38 Å². The molecule has 1 aromatic rings. The van der Waals surface area contributed by atoms with Gasteiger partial charge in [0.15, 0.2) is 5.96 Å². The van der Waals surface area contributed by atoms with E-state index in [4.69, 9.17) is 15.2 Å². The van der Waals surface area contributed by atoms with Crippen molar-refractivity contribution in [3.05, 3.63) is 30.1 Å². The summed E-state index contributed by atoms with van der Waals surface area (Å²) in [4.78, 5) is 4.25. The van der Waals surface area contributed by atoms with Gasteiger partial charge in [0.1, 0.15) is 17.7 Å². The van der Waals surface area contributed by atoms with Crippen LogP contribution < -0.4 is 15.8 Å². The zero-order valence-electron chi connectivity index (χ0n) is 12.8. The van der Waals surface area contributed by atoms with Crippen molar-refractivity contribution in [3.8, 4) is 5.75 Å². The molecule has 0 amide bonds. The molecule has 118 valence electrons. The molecule has 0 aliphatic carbocycles. The molecule has 0 heterocycles. The molecule has 0 aliphatic rings. The smallest absolute Gasteiger partial charge is 0.189 e. The van der Waals surface area contributed by atoms with Crippen LogP contribution in [0, 0.1) is 5.82 Å². The van der Waals surface area contributed by atoms with Crippen LogP contribution in [0.5, 0.6) is 5.75 Å². The lowest BCUT2D eigenvalue weighted by Gasteiger charge is -2.17. The van der Waals surface area contributed by atoms with Crippen molar-refractivity contribution < 1.29 is 13.9 Å². The third kappa shape index (κ3) is 6.94. The highest BCUT2D eigenvalue weighted by Gasteiger charge is 2.09. The molecular weight excluding hydrogens is 273 g/mol. The van der Waals surface area contributed by atoms with Crippen molar-refractivity contribution in [1.82, 2.24) is 5.32 Å². The highest BCUT2D eigenvalue weighted by Crippen LogP contribution is 2.15. The fourth-order valence-corrected chi connectivity index (χ4v) is 1.77. The van der Waals surface area contributed by atoms with Crippen LogP contribution in [0.15, 0.2) is 29.3 Å². The third-order valence-corrected chi connectivity index (χ3v) is 2.83. The maximum Gasteiger partial charge on any atom is 0.189 e. The molecule has 0 aromatic heterocycles. The largest absolute Gasteiger partial charge is 0.488 e. The molecule has 0 saturated heterocycles. The molecule has 3 N–H and O–H groups in total. The Morgan fingerprint density at radius 2 is 2.24 bits per heavy atom. The number of halogens is 1. The Kier molecular flexibility index (Phi) is 7.53. The maximum atomic E-state index is 13.1. The minimum absolute atomic E-state index is 0.0861. The first-order chi connectivity index (χ1) is 10.0. The molecule has 21 heavy (non-hydrogen) atoms. The van der Waals surface area contributed by atoms with Crippen molar-refractivity contribution in [1.29, 1.82) is 0 Å². The second-order valence-electron chi connectivity index (χ2n) is 4.83. The van der Waals surface area contributed by atoms with E-state index in [0.29, 0.717) is 24.9 Å². The molecule has 0 spiro atoms. The zero-order chi connectivity index (χ0) is 15.7. The number of nitrogens with one attached hydrogen (secondary N) is 1. The summed E-state index contributed by atoms with van der Waals surface area (Å²) in [5.74, 6) is 0.526. The van der Waals surface area contributed by atoms with E-state index in [-0.39, 0.29) is 18.0 Å². The van der Waals surface area contributed by atoms with E-state index in [9.17, 15) is 4.39 Å². The molecule has 0 fully saturated rings. The minimum atomic E-state index is -0.319. The fourth-order valence-electron chi connectivity index (χ4n) is 1.77. The summed E-state index contributed by atoms with van der Waals surface area (Å²) in [6, 6.07) is 6.16. The van der Waals surface area contributed by atoms with Gasteiger partial charge in [0, 0.05) is 19.2 Å². The molecular formula is C15H24FN3O2. The third-order valence-electron chi connectivity index (χ3n) is 2.83. The lowest BCUT2D eigenvalue weighted by molar-refractivity contribution is 0.179. The fraction of sp³-hybridized carbons (Fsp3) is 0.533. The quantitative estimate of drug-likeness (QED) is 0.568. The number of aliphatic imine (C=N–C) groups is 1. The number of hydrogen-bond donors (Lipinski definition) is 2. The Balaban J connectivity index is 2.50. The number of nitrogens with two attached hydrogens (primary N) is 1. The Morgan fingerprint density at radius 1 is 1.48 bits per heavy atom. The van der Waals surface area contributed by atoms with Crippen molar-refractivity contribution in [2.75, 3.05) is 20.3 Å². The van der Waals surface area contributed by atoms with E-state index in [0.717, 1.165) is 6.42 Å². The van der Waals surface area contributed by atoms with E-state index in [1.807, 2.05) is 13.8 Å². The number of guanidine groups is 1.